The molecular weight excluding hydrogens is 272 g/mol. The van der Waals surface area contributed by atoms with Gasteiger partial charge in [0, 0.05) is 35.2 Å². The van der Waals surface area contributed by atoms with Crippen molar-refractivity contribution in [2.75, 3.05) is 0 Å². The Labute approximate surface area is 128 Å². The van der Waals surface area contributed by atoms with Gasteiger partial charge in [-0.05, 0) is 25.1 Å². The molecule has 0 N–H and O–H groups in total. The third-order valence-corrected chi connectivity index (χ3v) is 3.70. The summed E-state index contributed by atoms with van der Waals surface area (Å²) in [7, 11) is 0. The molecule has 4 aromatic rings. The molecule has 0 aliphatic carbocycles. The molecule has 0 bridgehead atoms. The van der Waals surface area contributed by atoms with Crippen LogP contribution in [0.4, 0.5) is 0 Å². The zero-order chi connectivity index (χ0) is 14.9. The standard InChI is InChI=1S/C18H14N4/c1-13-19-9-10-22(13)16-7-8-17-15(11-16)12-20-18(21-17)14-5-3-2-4-6-14/h2-12H,1H3. The molecule has 2 aromatic carbocycles. The zero-order valence-corrected chi connectivity index (χ0v) is 12.1. The van der Waals surface area contributed by atoms with Crippen LogP contribution in [-0.2, 0) is 0 Å². The van der Waals surface area contributed by atoms with Gasteiger partial charge >= 0.3 is 0 Å². The number of fused-ring (bicyclic) bond motifs is 1. The van der Waals surface area contributed by atoms with Crippen molar-refractivity contribution in [3.63, 3.8) is 0 Å². The summed E-state index contributed by atoms with van der Waals surface area (Å²) in [4.78, 5) is 13.4. The maximum atomic E-state index is 4.65. The Balaban J connectivity index is 1.81. The number of hydrogen-bond acceptors (Lipinski definition) is 3. The van der Waals surface area contributed by atoms with E-state index in [0.717, 1.165) is 33.8 Å². The van der Waals surface area contributed by atoms with Crippen LogP contribution >= 0.6 is 0 Å². The lowest BCUT2D eigenvalue weighted by Gasteiger charge is -2.07. The van der Waals surface area contributed by atoms with E-state index in [4.69, 9.17) is 0 Å². The van der Waals surface area contributed by atoms with Crippen LogP contribution in [0.25, 0.3) is 28.0 Å². The van der Waals surface area contributed by atoms with E-state index in [-0.39, 0.29) is 0 Å². The fourth-order valence-corrected chi connectivity index (χ4v) is 2.55. The molecule has 0 radical (unpaired) electrons. The normalized spacial score (nSPS) is 11.0. The SMILES string of the molecule is Cc1nccn1-c1ccc2nc(-c3ccccc3)ncc2c1. The van der Waals surface area contributed by atoms with Crippen LogP contribution in [0.2, 0.25) is 0 Å². The van der Waals surface area contributed by atoms with Gasteiger partial charge in [-0.2, -0.15) is 0 Å². The fourth-order valence-electron chi connectivity index (χ4n) is 2.55. The van der Waals surface area contributed by atoms with Gasteiger partial charge in [0.05, 0.1) is 5.52 Å². The zero-order valence-electron chi connectivity index (χ0n) is 12.1. The van der Waals surface area contributed by atoms with Crippen molar-refractivity contribution < 1.29 is 0 Å². The summed E-state index contributed by atoms with van der Waals surface area (Å²) in [5.74, 6) is 1.71. The van der Waals surface area contributed by atoms with Crippen LogP contribution in [0.15, 0.2) is 67.1 Å². The van der Waals surface area contributed by atoms with Gasteiger partial charge in [-0.25, -0.2) is 15.0 Å². The highest BCUT2D eigenvalue weighted by Crippen LogP contribution is 2.21. The Morgan fingerprint density at radius 2 is 1.82 bits per heavy atom. The minimum absolute atomic E-state index is 0.750. The number of imidazole rings is 1. The number of hydrogen-bond donors (Lipinski definition) is 0. The first kappa shape index (κ1) is 12.7. The largest absolute Gasteiger partial charge is 0.304 e. The van der Waals surface area contributed by atoms with Gasteiger partial charge in [0.25, 0.3) is 0 Å². The van der Waals surface area contributed by atoms with Crippen LogP contribution in [0, 0.1) is 6.92 Å². The average molecular weight is 286 g/mol. The third-order valence-electron chi connectivity index (χ3n) is 3.70. The smallest absolute Gasteiger partial charge is 0.159 e. The number of nitrogens with zero attached hydrogens (tertiary/aromatic N) is 4. The van der Waals surface area contributed by atoms with Crippen molar-refractivity contribution in [3.8, 4) is 17.1 Å². The number of aryl methyl sites for hydroxylation is 1. The Hall–Kier alpha value is -3.01. The summed E-state index contributed by atoms with van der Waals surface area (Å²) in [6.45, 7) is 1.99. The summed E-state index contributed by atoms with van der Waals surface area (Å²) in [6.07, 6.45) is 5.63. The second kappa shape index (κ2) is 5.07. The Kier molecular flexibility index (Phi) is 2.93. The quantitative estimate of drug-likeness (QED) is 0.563. The monoisotopic (exact) mass is 286 g/mol. The number of benzene rings is 2. The van der Waals surface area contributed by atoms with E-state index in [9.17, 15) is 0 Å². The molecule has 106 valence electrons. The minimum atomic E-state index is 0.750. The van der Waals surface area contributed by atoms with Gasteiger partial charge in [0.15, 0.2) is 5.82 Å². The van der Waals surface area contributed by atoms with E-state index >= 15 is 0 Å². The summed E-state index contributed by atoms with van der Waals surface area (Å²) < 4.78 is 2.05. The topological polar surface area (TPSA) is 43.6 Å². The highest BCUT2D eigenvalue weighted by molar-refractivity contribution is 5.81. The molecule has 0 amide bonds. The van der Waals surface area contributed by atoms with Crippen molar-refractivity contribution in [2.24, 2.45) is 0 Å². The summed E-state index contributed by atoms with van der Waals surface area (Å²) in [5.41, 5.74) is 3.04. The first-order valence-corrected chi connectivity index (χ1v) is 7.14. The summed E-state index contributed by atoms with van der Waals surface area (Å²) in [6, 6.07) is 16.2. The number of aromatic nitrogens is 4. The second-order valence-electron chi connectivity index (χ2n) is 5.15. The van der Waals surface area contributed by atoms with Gasteiger partial charge < -0.3 is 4.57 Å². The fraction of sp³-hybridized carbons (Fsp3) is 0.0556. The maximum Gasteiger partial charge on any atom is 0.159 e. The highest BCUT2D eigenvalue weighted by atomic mass is 15.1. The van der Waals surface area contributed by atoms with Crippen LogP contribution in [0.5, 0.6) is 0 Å². The predicted molar refractivity (Wildman–Crippen MR) is 86.8 cm³/mol. The average Bonchev–Trinajstić information content (AvgIpc) is 3.01. The van der Waals surface area contributed by atoms with Gasteiger partial charge in [0.2, 0.25) is 0 Å². The maximum absolute atomic E-state index is 4.65. The van der Waals surface area contributed by atoms with Crippen LogP contribution in [0.1, 0.15) is 5.82 Å². The van der Waals surface area contributed by atoms with Crippen molar-refractivity contribution in [2.45, 2.75) is 6.92 Å². The Morgan fingerprint density at radius 3 is 2.59 bits per heavy atom. The molecule has 0 aliphatic heterocycles. The molecule has 2 aromatic heterocycles. The van der Waals surface area contributed by atoms with Crippen molar-refractivity contribution in [1.29, 1.82) is 0 Å². The first-order valence-electron chi connectivity index (χ1n) is 7.14. The lowest BCUT2D eigenvalue weighted by molar-refractivity contribution is 0.976. The molecule has 22 heavy (non-hydrogen) atoms. The summed E-state index contributed by atoms with van der Waals surface area (Å²) in [5, 5.41) is 1.02. The lowest BCUT2D eigenvalue weighted by atomic mass is 10.2. The molecule has 0 fully saturated rings. The third kappa shape index (κ3) is 2.15. The lowest BCUT2D eigenvalue weighted by Crippen LogP contribution is -1.96. The van der Waals surface area contributed by atoms with Crippen LogP contribution in [-0.4, -0.2) is 19.5 Å². The van der Waals surface area contributed by atoms with Gasteiger partial charge in [-0.1, -0.05) is 30.3 Å². The van der Waals surface area contributed by atoms with E-state index in [1.54, 1.807) is 6.20 Å². The van der Waals surface area contributed by atoms with E-state index in [2.05, 4.69) is 27.1 Å². The van der Waals surface area contributed by atoms with E-state index < -0.39 is 0 Å². The van der Waals surface area contributed by atoms with Crippen LogP contribution < -0.4 is 0 Å². The first-order chi connectivity index (χ1) is 10.8. The van der Waals surface area contributed by atoms with E-state index in [1.165, 1.54) is 0 Å². The number of rotatable bonds is 2. The molecule has 0 atom stereocenters. The Morgan fingerprint density at radius 1 is 0.955 bits per heavy atom. The van der Waals surface area contributed by atoms with Gasteiger partial charge in [-0.3, -0.25) is 0 Å². The second-order valence-corrected chi connectivity index (χ2v) is 5.15. The van der Waals surface area contributed by atoms with Gasteiger partial charge in [-0.15, -0.1) is 0 Å². The molecule has 4 heteroatoms. The highest BCUT2D eigenvalue weighted by Gasteiger charge is 2.05. The summed E-state index contributed by atoms with van der Waals surface area (Å²) >= 11 is 0. The molecule has 0 spiro atoms. The van der Waals surface area contributed by atoms with E-state index in [1.807, 2.05) is 60.3 Å². The molecular formula is C18H14N4. The molecule has 4 nitrogen and oxygen atoms in total. The van der Waals surface area contributed by atoms with Crippen molar-refractivity contribution in [3.05, 3.63) is 72.9 Å². The minimum Gasteiger partial charge on any atom is -0.304 e. The van der Waals surface area contributed by atoms with Crippen LogP contribution in [0.3, 0.4) is 0 Å². The molecule has 0 aliphatic rings. The van der Waals surface area contributed by atoms with Crippen molar-refractivity contribution in [1.82, 2.24) is 19.5 Å². The molecule has 0 saturated carbocycles. The molecule has 2 heterocycles. The van der Waals surface area contributed by atoms with Gasteiger partial charge in [0.1, 0.15) is 5.82 Å². The predicted octanol–water partition coefficient (Wildman–Crippen LogP) is 3.79. The Bertz CT molecular complexity index is 942. The molecule has 0 saturated heterocycles. The van der Waals surface area contributed by atoms with Crippen molar-refractivity contribution >= 4 is 10.9 Å². The molecule has 0 unspecified atom stereocenters. The van der Waals surface area contributed by atoms with E-state index in [0.29, 0.717) is 0 Å². The molecule has 4 rings (SSSR count).